The fourth-order valence-electron chi connectivity index (χ4n) is 1.71. The fraction of sp³-hybridized carbons (Fsp3) is 0.231. The lowest BCUT2D eigenvalue weighted by molar-refractivity contribution is 0.274. The van der Waals surface area contributed by atoms with E-state index in [2.05, 4.69) is 24.3 Å². The Labute approximate surface area is 94.3 Å². The second-order valence-electron chi connectivity index (χ2n) is 3.64. The summed E-state index contributed by atoms with van der Waals surface area (Å²) in [6.07, 6.45) is 0. The summed E-state index contributed by atoms with van der Waals surface area (Å²) in [5.41, 5.74) is 1.10. The number of aliphatic hydroxyl groups is 1. The minimum Gasteiger partial charge on any atom is -0.396 e. The van der Waals surface area contributed by atoms with Gasteiger partial charge in [-0.15, -0.1) is 11.6 Å². The zero-order valence-corrected chi connectivity index (χ0v) is 9.11. The van der Waals surface area contributed by atoms with Crippen LogP contribution in [0, 0.1) is 0 Å². The quantitative estimate of drug-likeness (QED) is 0.788. The molecule has 0 radical (unpaired) electrons. The first-order valence-corrected chi connectivity index (χ1v) is 5.54. The first-order chi connectivity index (χ1) is 7.35. The summed E-state index contributed by atoms with van der Waals surface area (Å²) in [6.45, 7) is 0.0990. The normalized spacial score (nSPS) is 12.9. The molecule has 2 rings (SSSR count). The van der Waals surface area contributed by atoms with E-state index in [-0.39, 0.29) is 12.5 Å². The van der Waals surface area contributed by atoms with E-state index >= 15 is 0 Å². The maximum atomic E-state index is 9.17. The molecule has 0 saturated heterocycles. The van der Waals surface area contributed by atoms with Gasteiger partial charge in [0.05, 0.1) is 6.61 Å². The van der Waals surface area contributed by atoms with Crippen molar-refractivity contribution < 1.29 is 5.11 Å². The van der Waals surface area contributed by atoms with E-state index in [1.165, 1.54) is 10.8 Å². The Morgan fingerprint density at radius 3 is 2.47 bits per heavy atom. The molecule has 0 saturated carbocycles. The molecule has 1 nitrogen and oxygen atoms in total. The van der Waals surface area contributed by atoms with Crippen LogP contribution in [0.2, 0.25) is 0 Å². The van der Waals surface area contributed by atoms with E-state index < -0.39 is 0 Å². The molecule has 0 aliphatic heterocycles. The number of hydrogen-bond donors (Lipinski definition) is 1. The highest BCUT2D eigenvalue weighted by atomic mass is 35.5. The molecule has 0 aliphatic rings. The zero-order chi connectivity index (χ0) is 10.7. The van der Waals surface area contributed by atoms with Crippen LogP contribution in [-0.4, -0.2) is 17.6 Å². The molecule has 0 fully saturated rings. The van der Waals surface area contributed by atoms with Crippen molar-refractivity contribution in [2.45, 2.75) is 5.92 Å². The fourth-order valence-corrected chi connectivity index (χ4v) is 1.98. The molecule has 2 aromatic carbocycles. The van der Waals surface area contributed by atoms with Gasteiger partial charge < -0.3 is 5.11 Å². The lowest BCUT2D eigenvalue weighted by Crippen LogP contribution is -2.05. The highest BCUT2D eigenvalue weighted by Gasteiger charge is 2.08. The summed E-state index contributed by atoms with van der Waals surface area (Å²) in [7, 11) is 0. The Bertz CT molecular complexity index is 449. The third-order valence-corrected chi connectivity index (χ3v) is 3.02. The van der Waals surface area contributed by atoms with Gasteiger partial charge in [0.1, 0.15) is 0 Å². The number of aliphatic hydroxyl groups excluding tert-OH is 1. The maximum absolute atomic E-state index is 9.17. The molecule has 1 atom stereocenters. The average molecular weight is 221 g/mol. The maximum Gasteiger partial charge on any atom is 0.0511 e. The number of rotatable bonds is 3. The van der Waals surface area contributed by atoms with E-state index in [0.29, 0.717) is 5.88 Å². The Morgan fingerprint density at radius 1 is 1.07 bits per heavy atom. The van der Waals surface area contributed by atoms with Crippen LogP contribution in [0.3, 0.4) is 0 Å². The zero-order valence-electron chi connectivity index (χ0n) is 8.36. The molecule has 2 heteroatoms. The molecule has 0 aliphatic carbocycles. The molecule has 15 heavy (non-hydrogen) atoms. The predicted molar refractivity (Wildman–Crippen MR) is 64.5 cm³/mol. The smallest absolute Gasteiger partial charge is 0.0511 e. The number of halogens is 1. The monoisotopic (exact) mass is 220 g/mol. The number of hydrogen-bond acceptors (Lipinski definition) is 1. The van der Waals surface area contributed by atoms with Crippen molar-refractivity contribution in [3.8, 4) is 0 Å². The molecule has 1 N–H and O–H groups in total. The molecule has 0 unspecified atom stereocenters. The van der Waals surface area contributed by atoms with Crippen molar-refractivity contribution in [1.29, 1.82) is 0 Å². The van der Waals surface area contributed by atoms with Crippen LogP contribution >= 0.6 is 11.6 Å². The van der Waals surface area contributed by atoms with Gasteiger partial charge in [-0.2, -0.15) is 0 Å². The van der Waals surface area contributed by atoms with Crippen molar-refractivity contribution in [1.82, 2.24) is 0 Å². The first-order valence-electron chi connectivity index (χ1n) is 5.00. The molecule has 0 spiro atoms. The molecular weight excluding hydrogens is 208 g/mol. The second kappa shape index (κ2) is 4.65. The van der Waals surface area contributed by atoms with Gasteiger partial charge in [0.2, 0.25) is 0 Å². The lowest BCUT2D eigenvalue weighted by Gasteiger charge is -2.11. The molecule has 78 valence electrons. The molecule has 0 bridgehead atoms. The number of fused-ring (bicyclic) bond motifs is 1. The van der Waals surface area contributed by atoms with Crippen molar-refractivity contribution in [2.24, 2.45) is 0 Å². The van der Waals surface area contributed by atoms with Gasteiger partial charge in [-0.05, 0) is 16.3 Å². The van der Waals surface area contributed by atoms with Crippen LogP contribution in [0.4, 0.5) is 0 Å². The van der Waals surface area contributed by atoms with Gasteiger partial charge in [-0.25, -0.2) is 0 Å². The summed E-state index contributed by atoms with van der Waals surface area (Å²) < 4.78 is 0. The van der Waals surface area contributed by atoms with Crippen LogP contribution in [-0.2, 0) is 0 Å². The Balaban J connectivity index is 2.46. The van der Waals surface area contributed by atoms with Gasteiger partial charge >= 0.3 is 0 Å². The van der Waals surface area contributed by atoms with Crippen LogP contribution < -0.4 is 0 Å². The van der Waals surface area contributed by atoms with Gasteiger partial charge in [0.25, 0.3) is 0 Å². The van der Waals surface area contributed by atoms with Gasteiger partial charge in [0, 0.05) is 11.8 Å². The third kappa shape index (κ3) is 2.14. The van der Waals surface area contributed by atoms with E-state index in [9.17, 15) is 0 Å². The average Bonchev–Trinajstić information content (AvgIpc) is 2.30. The van der Waals surface area contributed by atoms with Gasteiger partial charge in [0.15, 0.2) is 0 Å². The van der Waals surface area contributed by atoms with Crippen molar-refractivity contribution in [2.75, 3.05) is 12.5 Å². The Hall–Kier alpha value is -1.05. The topological polar surface area (TPSA) is 20.2 Å². The number of alkyl halides is 1. The van der Waals surface area contributed by atoms with Crippen LogP contribution in [0.15, 0.2) is 42.5 Å². The first kappa shape index (κ1) is 10.5. The van der Waals surface area contributed by atoms with Gasteiger partial charge in [-0.1, -0.05) is 42.5 Å². The van der Waals surface area contributed by atoms with Crippen molar-refractivity contribution >= 4 is 22.4 Å². The molecular formula is C13H13ClO. The summed E-state index contributed by atoms with van der Waals surface area (Å²) in [6, 6.07) is 14.4. The Morgan fingerprint density at radius 2 is 1.80 bits per heavy atom. The highest BCUT2D eigenvalue weighted by Crippen LogP contribution is 2.22. The molecule has 2 aromatic rings. The van der Waals surface area contributed by atoms with Crippen molar-refractivity contribution in [3.63, 3.8) is 0 Å². The summed E-state index contributed by atoms with van der Waals surface area (Å²) in [5, 5.41) is 11.6. The summed E-state index contributed by atoms with van der Waals surface area (Å²) in [4.78, 5) is 0. The SMILES string of the molecule is OC[C@H](CCl)c1ccc2ccccc2c1. The van der Waals surface area contributed by atoms with E-state index in [1.807, 2.05) is 18.2 Å². The number of benzene rings is 2. The predicted octanol–water partition coefficient (Wildman–Crippen LogP) is 3.15. The standard InChI is InChI=1S/C13H13ClO/c14-8-13(9-15)12-6-5-10-3-1-2-4-11(10)7-12/h1-7,13,15H,8-9H2/t13-/m0/s1. The molecule has 0 heterocycles. The van der Waals surface area contributed by atoms with Crippen LogP contribution in [0.1, 0.15) is 11.5 Å². The molecule has 0 amide bonds. The van der Waals surface area contributed by atoms with E-state index in [0.717, 1.165) is 5.56 Å². The second-order valence-corrected chi connectivity index (χ2v) is 3.95. The molecule has 0 aromatic heterocycles. The van der Waals surface area contributed by atoms with E-state index in [4.69, 9.17) is 16.7 Å². The largest absolute Gasteiger partial charge is 0.396 e. The van der Waals surface area contributed by atoms with Crippen LogP contribution in [0.5, 0.6) is 0 Å². The summed E-state index contributed by atoms with van der Waals surface area (Å²) >= 11 is 5.79. The van der Waals surface area contributed by atoms with Crippen LogP contribution in [0.25, 0.3) is 10.8 Å². The van der Waals surface area contributed by atoms with Crippen molar-refractivity contribution in [3.05, 3.63) is 48.0 Å². The summed E-state index contributed by atoms with van der Waals surface area (Å²) in [5.74, 6) is 0.491. The Kier molecular flexibility index (Phi) is 3.24. The minimum absolute atomic E-state index is 0.0382. The third-order valence-electron chi connectivity index (χ3n) is 2.65. The van der Waals surface area contributed by atoms with E-state index in [1.54, 1.807) is 0 Å². The lowest BCUT2D eigenvalue weighted by atomic mass is 9.98. The minimum atomic E-state index is 0.0382. The highest BCUT2D eigenvalue weighted by molar-refractivity contribution is 6.18. The van der Waals surface area contributed by atoms with Gasteiger partial charge in [-0.3, -0.25) is 0 Å².